The summed E-state index contributed by atoms with van der Waals surface area (Å²) in [5, 5.41) is 3.78. The standard InChI is InChI=1S/C15H18N2S2/c1-10-15(19-9-16-10)11(2)17-13-7-8-18-14-6-4-3-5-12(13)14/h3-6,9,11,13,17H,7-8H2,1-2H3. The maximum absolute atomic E-state index is 4.35. The first-order valence-electron chi connectivity index (χ1n) is 6.63. The first-order chi connectivity index (χ1) is 9.25. The largest absolute Gasteiger partial charge is 0.302 e. The Bertz CT molecular complexity index is 565. The second-order valence-corrected chi connectivity index (χ2v) is 6.94. The molecule has 2 aromatic rings. The zero-order chi connectivity index (χ0) is 13.2. The van der Waals surface area contributed by atoms with E-state index in [-0.39, 0.29) is 0 Å². The van der Waals surface area contributed by atoms with Gasteiger partial charge in [0.2, 0.25) is 0 Å². The van der Waals surface area contributed by atoms with Gasteiger partial charge in [0.1, 0.15) is 0 Å². The van der Waals surface area contributed by atoms with E-state index in [0.717, 1.165) is 5.69 Å². The van der Waals surface area contributed by atoms with Gasteiger partial charge in [-0.3, -0.25) is 0 Å². The fourth-order valence-electron chi connectivity index (χ4n) is 2.62. The molecule has 0 bridgehead atoms. The molecule has 19 heavy (non-hydrogen) atoms. The molecule has 2 heterocycles. The molecule has 100 valence electrons. The molecule has 2 unspecified atom stereocenters. The summed E-state index contributed by atoms with van der Waals surface area (Å²) in [6.45, 7) is 4.33. The molecule has 0 saturated heterocycles. The van der Waals surface area contributed by atoms with Crippen molar-refractivity contribution in [3.05, 3.63) is 45.9 Å². The van der Waals surface area contributed by atoms with E-state index in [1.54, 1.807) is 11.3 Å². The van der Waals surface area contributed by atoms with Crippen LogP contribution >= 0.6 is 23.1 Å². The van der Waals surface area contributed by atoms with Crippen LogP contribution in [0.15, 0.2) is 34.7 Å². The number of nitrogens with one attached hydrogen (secondary N) is 1. The third kappa shape index (κ3) is 2.71. The van der Waals surface area contributed by atoms with E-state index >= 15 is 0 Å². The molecular weight excluding hydrogens is 272 g/mol. The lowest BCUT2D eigenvalue weighted by atomic mass is 10.0. The SMILES string of the molecule is Cc1ncsc1C(C)NC1CCSc2ccccc21. The van der Waals surface area contributed by atoms with Crippen molar-refractivity contribution < 1.29 is 0 Å². The number of aryl methyl sites for hydroxylation is 1. The molecule has 0 radical (unpaired) electrons. The van der Waals surface area contributed by atoms with Crippen LogP contribution in [0.5, 0.6) is 0 Å². The average Bonchev–Trinajstić information content (AvgIpc) is 2.85. The molecule has 3 rings (SSSR count). The summed E-state index contributed by atoms with van der Waals surface area (Å²) >= 11 is 3.72. The minimum Gasteiger partial charge on any atom is -0.302 e. The van der Waals surface area contributed by atoms with Gasteiger partial charge < -0.3 is 5.32 Å². The Morgan fingerprint density at radius 2 is 2.21 bits per heavy atom. The number of fused-ring (bicyclic) bond motifs is 1. The number of aromatic nitrogens is 1. The van der Waals surface area contributed by atoms with Crippen molar-refractivity contribution in [2.24, 2.45) is 0 Å². The highest BCUT2D eigenvalue weighted by Gasteiger charge is 2.23. The first kappa shape index (κ1) is 13.2. The number of nitrogens with zero attached hydrogens (tertiary/aromatic N) is 1. The van der Waals surface area contributed by atoms with Crippen molar-refractivity contribution in [1.82, 2.24) is 10.3 Å². The van der Waals surface area contributed by atoms with Gasteiger partial charge in [-0.15, -0.1) is 23.1 Å². The smallest absolute Gasteiger partial charge is 0.0798 e. The van der Waals surface area contributed by atoms with E-state index < -0.39 is 0 Å². The van der Waals surface area contributed by atoms with Gasteiger partial charge in [0, 0.05) is 21.9 Å². The van der Waals surface area contributed by atoms with Crippen LogP contribution in [-0.4, -0.2) is 10.7 Å². The van der Waals surface area contributed by atoms with Crippen molar-refractivity contribution in [2.45, 2.75) is 37.2 Å². The van der Waals surface area contributed by atoms with Crippen LogP contribution in [0.1, 0.15) is 41.6 Å². The lowest BCUT2D eigenvalue weighted by Gasteiger charge is -2.28. The van der Waals surface area contributed by atoms with Crippen molar-refractivity contribution >= 4 is 23.1 Å². The fraction of sp³-hybridized carbons (Fsp3) is 0.400. The Morgan fingerprint density at radius 3 is 3.00 bits per heavy atom. The molecule has 0 fully saturated rings. The summed E-state index contributed by atoms with van der Waals surface area (Å²) in [6.07, 6.45) is 1.20. The molecule has 0 amide bonds. The molecule has 1 aliphatic heterocycles. The quantitative estimate of drug-likeness (QED) is 0.910. The maximum atomic E-state index is 4.35. The Kier molecular flexibility index (Phi) is 3.91. The summed E-state index contributed by atoms with van der Waals surface area (Å²) in [7, 11) is 0. The van der Waals surface area contributed by atoms with Crippen LogP contribution in [-0.2, 0) is 0 Å². The van der Waals surface area contributed by atoms with Gasteiger partial charge in [-0.05, 0) is 37.7 Å². The van der Waals surface area contributed by atoms with E-state index in [1.807, 2.05) is 17.3 Å². The average molecular weight is 290 g/mol. The fourth-order valence-corrected chi connectivity index (χ4v) is 4.56. The van der Waals surface area contributed by atoms with Crippen LogP contribution in [0.3, 0.4) is 0 Å². The summed E-state index contributed by atoms with van der Waals surface area (Å²) in [5.74, 6) is 1.20. The number of rotatable bonds is 3. The minimum atomic E-state index is 0.369. The number of benzene rings is 1. The predicted octanol–water partition coefficient (Wildman–Crippen LogP) is 4.34. The third-order valence-corrected chi connectivity index (χ3v) is 5.82. The summed E-state index contributed by atoms with van der Waals surface area (Å²) in [6, 6.07) is 9.59. The molecule has 1 N–H and O–H groups in total. The van der Waals surface area contributed by atoms with Gasteiger partial charge in [0.15, 0.2) is 0 Å². The summed E-state index contributed by atoms with van der Waals surface area (Å²) < 4.78 is 0. The lowest BCUT2D eigenvalue weighted by Crippen LogP contribution is -2.27. The second-order valence-electron chi connectivity index (χ2n) is 4.92. The molecular formula is C15H18N2S2. The first-order valence-corrected chi connectivity index (χ1v) is 8.50. The molecule has 0 spiro atoms. The Hall–Kier alpha value is -0.840. The van der Waals surface area contributed by atoms with E-state index in [1.165, 1.54) is 27.5 Å². The monoisotopic (exact) mass is 290 g/mol. The van der Waals surface area contributed by atoms with Crippen LogP contribution < -0.4 is 5.32 Å². The molecule has 1 aromatic carbocycles. The molecule has 0 aliphatic carbocycles. The van der Waals surface area contributed by atoms with Crippen LogP contribution in [0.4, 0.5) is 0 Å². The Balaban J connectivity index is 1.80. The molecule has 2 nitrogen and oxygen atoms in total. The van der Waals surface area contributed by atoms with E-state index in [9.17, 15) is 0 Å². The van der Waals surface area contributed by atoms with Gasteiger partial charge in [0.25, 0.3) is 0 Å². The van der Waals surface area contributed by atoms with Gasteiger partial charge in [0.05, 0.1) is 11.2 Å². The van der Waals surface area contributed by atoms with Gasteiger partial charge in [-0.25, -0.2) is 4.98 Å². The predicted molar refractivity (Wildman–Crippen MR) is 82.9 cm³/mol. The van der Waals surface area contributed by atoms with Gasteiger partial charge >= 0.3 is 0 Å². The lowest BCUT2D eigenvalue weighted by molar-refractivity contribution is 0.453. The maximum Gasteiger partial charge on any atom is 0.0798 e. The summed E-state index contributed by atoms with van der Waals surface area (Å²) in [5.41, 5.74) is 4.55. The Morgan fingerprint density at radius 1 is 1.37 bits per heavy atom. The number of hydrogen-bond donors (Lipinski definition) is 1. The van der Waals surface area contributed by atoms with Gasteiger partial charge in [-0.2, -0.15) is 0 Å². The van der Waals surface area contributed by atoms with Crippen molar-refractivity contribution in [2.75, 3.05) is 5.75 Å². The topological polar surface area (TPSA) is 24.9 Å². The molecule has 4 heteroatoms. The zero-order valence-electron chi connectivity index (χ0n) is 11.2. The van der Waals surface area contributed by atoms with Crippen molar-refractivity contribution in [3.63, 3.8) is 0 Å². The number of thioether (sulfide) groups is 1. The van der Waals surface area contributed by atoms with E-state index in [2.05, 4.69) is 48.4 Å². The number of thiazole rings is 1. The van der Waals surface area contributed by atoms with Crippen LogP contribution in [0.2, 0.25) is 0 Å². The summed E-state index contributed by atoms with van der Waals surface area (Å²) in [4.78, 5) is 7.14. The van der Waals surface area contributed by atoms with E-state index in [0.29, 0.717) is 12.1 Å². The van der Waals surface area contributed by atoms with Gasteiger partial charge in [-0.1, -0.05) is 18.2 Å². The molecule has 0 saturated carbocycles. The normalized spacial score (nSPS) is 20.0. The molecule has 2 atom stereocenters. The van der Waals surface area contributed by atoms with Crippen molar-refractivity contribution in [3.8, 4) is 0 Å². The Labute approximate surface area is 122 Å². The highest BCUT2D eigenvalue weighted by atomic mass is 32.2. The highest BCUT2D eigenvalue weighted by molar-refractivity contribution is 7.99. The second kappa shape index (κ2) is 5.65. The molecule has 1 aromatic heterocycles. The zero-order valence-corrected chi connectivity index (χ0v) is 12.9. The van der Waals surface area contributed by atoms with Crippen LogP contribution in [0, 0.1) is 6.92 Å². The minimum absolute atomic E-state index is 0.369. The molecule has 1 aliphatic rings. The highest BCUT2D eigenvalue weighted by Crippen LogP contribution is 2.37. The third-order valence-electron chi connectivity index (χ3n) is 3.59. The van der Waals surface area contributed by atoms with Crippen LogP contribution in [0.25, 0.3) is 0 Å². The number of hydrogen-bond acceptors (Lipinski definition) is 4. The van der Waals surface area contributed by atoms with Crippen molar-refractivity contribution in [1.29, 1.82) is 0 Å². The van der Waals surface area contributed by atoms with E-state index in [4.69, 9.17) is 0 Å².